The molecule has 0 atom stereocenters. The fraction of sp³-hybridized carbons (Fsp3) is 0.500. The zero-order valence-corrected chi connectivity index (χ0v) is 9.32. The normalized spacial score (nSPS) is 16.5. The van der Waals surface area contributed by atoms with Gasteiger partial charge in [0.25, 0.3) is 0 Å². The molecule has 0 spiro atoms. The summed E-state index contributed by atoms with van der Waals surface area (Å²) in [6.45, 7) is 5.67. The molecule has 0 saturated carbocycles. The van der Waals surface area contributed by atoms with E-state index in [-0.39, 0.29) is 0 Å². The third kappa shape index (κ3) is 2.07. The summed E-state index contributed by atoms with van der Waals surface area (Å²) in [4.78, 5) is 2.35. The van der Waals surface area contributed by atoms with Crippen molar-refractivity contribution in [3.63, 3.8) is 0 Å². The standard InChI is InChI=1S/C12H17NO2/c1-10-11(4-3-5-12(10)14-2)13-6-8-15-9-7-13/h3-5H,6-9H2,1-2H3. The first-order valence-corrected chi connectivity index (χ1v) is 5.29. The quantitative estimate of drug-likeness (QED) is 0.738. The van der Waals surface area contributed by atoms with Crippen LogP contribution in [0.3, 0.4) is 0 Å². The summed E-state index contributed by atoms with van der Waals surface area (Å²) in [6, 6.07) is 6.18. The lowest BCUT2D eigenvalue weighted by molar-refractivity contribution is 0.122. The van der Waals surface area contributed by atoms with E-state index in [1.165, 1.54) is 11.3 Å². The van der Waals surface area contributed by atoms with Crippen molar-refractivity contribution >= 4 is 5.69 Å². The van der Waals surface area contributed by atoms with Gasteiger partial charge in [0, 0.05) is 24.3 Å². The lowest BCUT2D eigenvalue weighted by Crippen LogP contribution is -2.36. The van der Waals surface area contributed by atoms with Crippen molar-refractivity contribution in [2.75, 3.05) is 38.3 Å². The van der Waals surface area contributed by atoms with Gasteiger partial charge in [-0.1, -0.05) is 6.07 Å². The molecule has 3 nitrogen and oxygen atoms in total. The SMILES string of the molecule is COc1cccc(N2CCOCC2)c1C. The van der Waals surface area contributed by atoms with E-state index in [2.05, 4.69) is 17.9 Å². The molecule has 82 valence electrons. The minimum atomic E-state index is 0.816. The number of nitrogens with zero attached hydrogens (tertiary/aromatic N) is 1. The summed E-state index contributed by atoms with van der Waals surface area (Å²) in [5.41, 5.74) is 2.47. The highest BCUT2D eigenvalue weighted by molar-refractivity contribution is 5.58. The number of rotatable bonds is 2. The lowest BCUT2D eigenvalue weighted by atomic mass is 10.1. The van der Waals surface area contributed by atoms with Crippen LogP contribution in [0.25, 0.3) is 0 Å². The smallest absolute Gasteiger partial charge is 0.123 e. The van der Waals surface area contributed by atoms with Gasteiger partial charge in [0.15, 0.2) is 0 Å². The van der Waals surface area contributed by atoms with Crippen molar-refractivity contribution in [3.05, 3.63) is 23.8 Å². The van der Waals surface area contributed by atoms with E-state index in [0.29, 0.717) is 0 Å². The zero-order chi connectivity index (χ0) is 10.7. The average Bonchev–Trinajstić information content (AvgIpc) is 2.30. The number of anilines is 1. The van der Waals surface area contributed by atoms with Crippen molar-refractivity contribution in [1.29, 1.82) is 0 Å². The van der Waals surface area contributed by atoms with Gasteiger partial charge in [0.2, 0.25) is 0 Å². The second-order valence-electron chi connectivity index (χ2n) is 3.70. The summed E-state index contributed by atoms with van der Waals surface area (Å²) in [5.74, 6) is 0.957. The number of methoxy groups -OCH3 is 1. The summed E-state index contributed by atoms with van der Waals surface area (Å²) in [5, 5.41) is 0. The molecule has 1 aromatic carbocycles. The highest BCUT2D eigenvalue weighted by atomic mass is 16.5. The minimum absolute atomic E-state index is 0.816. The highest BCUT2D eigenvalue weighted by Gasteiger charge is 2.14. The summed E-state index contributed by atoms with van der Waals surface area (Å²) in [6.07, 6.45) is 0. The van der Waals surface area contributed by atoms with E-state index >= 15 is 0 Å². The van der Waals surface area contributed by atoms with Crippen LogP contribution in [0.4, 0.5) is 5.69 Å². The van der Waals surface area contributed by atoms with Gasteiger partial charge in [-0.25, -0.2) is 0 Å². The maximum Gasteiger partial charge on any atom is 0.123 e. The predicted octanol–water partition coefficient (Wildman–Crippen LogP) is 1.84. The number of morpholine rings is 1. The Morgan fingerprint density at radius 3 is 2.67 bits per heavy atom. The molecule has 0 aliphatic carbocycles. The van der Waals surface area contributed by atoms with Crippen LogP contribution in [0.2, 0.25) is 0 Å². The molecule has 1 fully saturated rings. The Balaban J connectivity index is 2.26. The van der Waals surface area contributed by atoms with Gasteiger partial charge in [-0.2, -0.15) is 0 Å². The molecule has 1 saturated heterocycles. The fourth-order valence-electron chi connectivity index (χ4n) is 1.97. The van der Waals surface area contributed by atoms with Gasteiger partial charge in [0.05, 0.1) is 20.3 Å². The maximum absolute atomic E-state index is 5.34. The van der Waals surface area contributed by atoms with Crippen LogP contribution in [-0.4, -0.2) is 33.4 Å². The fourth-order valence-corrected chi connectivity index (χ4v) is 1.97. The van der Waals surface area contributed by atoms with Crippen LogP contribution in [0.15, 0.2) is 18.2 Å². The Labute approximate surface area is 90.6 Å². The van der Waals surface area contributed by atoms with Crippen molar-refractivity contribution in [2.45, 2.75) is 6.92 Å². The average molecular weight is 207 g/mol. The van der Waals surface area contributed by atoms with E-state index in [1.54, 1.807) is 7.11 Å². The van der Waals surface area contributed by atoms with Crippen LogP contribution in [0, 0.1) is 6.92 Å². The lowest BCUT2D eigenvalue weighted by Gasteiger charge is -2.30. The van der Waals surface area contributed by atoms with Gasteiger partial charge >= 0.3 is 0 Å². The molecule has 0 amide bonds. The van der Waals surface area contributed by atoms with E-state index in [0.717, 1.165) is 32.1 Å². The first-order chi connectivity index (χ1) is 7.33. The monoisotopic (exact) mass is 207 g/mol. The highest BCUT2D eigenvalue weighted by Crippen LogP contribution is 2.28. The third-order valence-corrected chi connectivity index (χ3v) is 2.83. The van der Waals surface area contributed by atoms with Crippen LogP contribution in [0.1, 0.15) is 5.56 Å². The molecule has 0 unspecified atom stereocenters. The molecule has 1 heterocycles. The Bertz CT molecular complexity index is 332. The summed E-state index contributed by atoms with van der Waals surface area (Å²) in [7, 11) is 1.71. The van der Waals surface area contributed by atoms with E-state index in [9.17, 15) is 0 Å². The first-order valence-electron chi connectivity index (χ1n) is 5.29. The van der Waals surface area contributed by atoms with Gasteiger partial charge in [-0.05, 0) is 19.1 Å². The second-order valence-corrected chi connectivity index (χ2v) is 3.70. The van der Waals surface area contributed by atoms with E-state index in [1.807, 2.05) is 12.1 Å². The predicted molar refractivity (Wildman–Crippen MR) is 60.8 cm³/mol. The Morgan fingerprint density at radius 2 is 2.00 bits per heavy atom. The van der Waals surface area contributed by atoms with Gasteiger partial charge in [0.1, 0.15) is 5.75 Å². The van der Waals surface area contributed by atoms with Crippen LogP contribution < -0.4 is 9.64 Å². The van der Waals surface area contributed by atoms with Crippen LogP contribution in [-0.2, 0) is 4.74 Å². The zero-order valence-electron chi connectivity index (χ0n) is 9.32. The largest absolute Gasteiger partial charge is 0.496 e. The van der Waals surface area contributed by atoms with Crippen molar-refractivity contribution < 1.29 is 9.47 Å². The molecular weight excluding hydrogens is 190 g/mol. The summed E-state index contributed by atoms with van der Waals surface area (Å²) < 4.78 is 10.7. The molecule has 2 rings (SSSR count). The molecule has 0 bridgehead atoms. The molecule has 3 heteroatoms. The number of hydrogen-bond donors (Lipinski definition) is 0. The Kier molecular flexibility index (Phi) is 3.11. The number of ether oxygens (including phenoxy) is 2. The molecular formula is C12H17NO2. The topological polar surface area (TPSA) is 21.7 Å². The van der Waals surface area contributed by atoms with Crippen molar-refractivity contribution in [2.24, 2.45) is 0 Å². The molecule has 0 N–H and O–H groups in total. The van der Waals surface area contributed by atoms with Gasteiger partial charge in [-0.3, -0.25) is 0 Å². The number of benzene rings is 1. The van der Waals surface area contributed by atoms with Gasteiger partial charge in [-0.15, -0.1) is 0 Å². The second kappa shape index (κ2) is 4.53. The van der Waals surface area contributed by atoms with Crippen molar-refractivity contribution in [3.8, 4) is 5.75 Å². The van der Waals surface area contributed by atoms with Crippen LogP contribution >= 0.6 is 0 Å². The molecule has 0 aromatic heterocycles. The Hall–Kier alpha value is -1.22. The number of hydrogen-bond acceptors (Lipinski definition) is 3. The van der Waals surface area contributed by atoms with Crippen LogP contribution in [0.5, 0.6) is 5.75 Å². The van der Waals surface area contributed by atoms with E-state index < -0.39 is 0 Å². The maximum atomic E-state index is 5.34. The first kappa shape index (κ1) is 10.3. The minimum Gasteiger partial charge on any atom is -0.496 e. The molecule has 1 aliphatic heterocycles. The Morgan fingerprint density at radius 1 is 1.27 bits per heavy atom. The van der Waals surface area contributed by atoms with Gasteiger partial charge < -0.3 is 14.4 Å². The molecule has 1 aromatic rings. The molecule has 15 heavy (non-hydrogen) atoms. The molecule has 1 aliphatic rings. The third-order valence-electron chi connectivity index (χ3n) is 2.83. The molecule has 0 radical (unpaired) electrons. The van der Waals surface area contributed by atoms with E-state index in [4.69, 9.17) is 9.47 Å². The van der Waals surface area contributed by atoms with Crippen molar-refractivity contribution in [1.82, 2.24) is 0 Å². The summed E-state index contributed by atoms with van der Waals surface area (Å²) >= 11 is 0.